The van der Waals surface area contributed by atoms with Crippen molar-refractivity contribution in [2.24, 2.45) is 0 Å². The number of morpholine rings is 1. The Morgan fingerprint density at radius 2 is 1.71 bits per heavy atom. The Morgan fingerprint density at radius 3 is 2.35 bits per heavy atom. The molecule has 2 amide bonds. The van der Waals surface area contributed by atoms with E-state index in [-0.39, 0.29) is 11.8 Å². The summed E-state index contributed by atoms with van der Waals surface area (Å²) in [4.78, 5) is 28.4. The number of hydrogen-bond acceptors (Lipinski definition) is 4. The van der Waals surface area contributed by atoms with Crippen LogP contribution in [0.2, 0.25) is 0 Å². The van der Waals surface area contributed by atoms with Crippen LogP contribution in [0, 0.1) is 0 Å². The molecular formula is C25H30N2O4. The third-order valence-corrected chi connectivity index (χ3v) is 5.84. The first kappa shape index (κ1) is 21.5. The van der Waals surface area contributed by atoms with Crippen molar-refractivity contribution in [1.29, 1.82) is 0 Å². The second-order valence-electron chi connectivity index (χ2n) is 9.12. The summed E-state index contributed by atoms with van der Waals surface area (Å²) in [5.74, 6) is -0.336. The minimum Gasteiger partial charge on any atom is -0.378 e. The molecule has 2 aromatic carbocycles. The molecule has 164 valence electrons. The number of carbonyl (C=O) groups excluding carboxylic acids is 2. The zero-order chi connectivity index (χ0) is 21.9. The zero-order valence-electron chi connectivity index (χ0n) is 18.2. The van der Waals surface area contributed by atoms with E-state index in [0.29, 0.717) is 38.3 Å². The van der Waals surface area contributed by atoms with Gasteiger partial charge in [-0.3, -0.25) is 9.59 Å². The van der Waals surface area contributed by atoms with Crippen molar-refractivity contribution in [2.75, 3.05) is 26.3 Å². The highest BCUT2D eigenvalue weighted by Crippen LogP contribution is 2.35. The fourth-order valence-corrected chi connectivity index (χ4v) is 4.56. The van der Waals surface area contributed by atoms with Crippen molar-refractivity contribution in [3.05, 3.63) is 71.8 Å². The molecule has 2 heterocycles. The number of carbonyl (C=O) groups is 2. The largest absolute Gasteiger partial charge is 0.378 e. The van der Waals surface area contributed by atoms with Crippen molar-refractivity contribution in [3.8, 4) is 0 Å². The third-order valence-electron chi connectivity index (χ3n) is 5.84. The van der Waals surface area contributed by atoms with Crippen molar-refractivity contribution in [3.63, 3.8) is 0 Å². The Morgan fingerprint density at radius 1 is 1.03 bits per heavy atom. The molecule has 0 aromatic heterocycles. The molecule has 0 bridgehead atoms. The molecular weight excluding hydrogens is 392 g/mol. The van der Waals surface area contributed by atoms with Gasteiger partial charge in [-0.1, -0.05) is 48.5 Å². The van der Waals surface area contributed by atoms with E-state index in [4.69, 9.17) is 9.47 Å². The van der Waals surface area contributed by atoms with E-state index in [0.717, 1.165) is 12.0 Å². The average Bonchev–Trinajstić information content (AvgIpc) is 3.19. The first-order valence-corrected chi connectivity index (χ1v) is 10.8. The SMILES string of the molecule is CC1(C)CN(C(=O)C(Cc2ccccc2)NC(=O)c2ccccc2)CC2(CCOC2)O1. The highest BCUT2D eigenvalue weighted by atomic mass is 16.6. The Labute approximate surface area is 183 Å². The predicted molar refractivity (Wildman–Crippen MR) is 118 cm³/mol. The maximum atomic E-state index is 13.7. The third kappa shape index (κ3) is 5.14. The normalized spacial score (nSPS) is 23.5. The molecule has 2 aliphatic rings. The van der Waals surface area contributed by atoms with E-state index < -0.39 is 17.2 Å². The van der Waals surface area contributed by atoms with Gasteiger partial charge in [-0.25, -0.2) is 0 Å². The van der Waals surface area contributed by atoms with Crippen LogP contribution in [-0.4, -0.2) is 60.3 Å². The zero-order valence-corrected chi connectivity index (χ0v) is 18.2. The van der Waals surface area contributed by atoms with Crippen LogP contribution in [0.15, 0.2) is 60.7 Å². The molecule has 31 heavy (non-hydrogen) atoms. The molecule has 4 rings (SSSR count). The summed E-state index contributed by atoms with van der Waals surface area (Å²) >= 11 is 0. The first-order valence-electron chi connectivity index (χ1n) is 10.8. The smallest absolute Gasteiger partial charge is 0.251 e. The molecule has 2 saturated heterocycles. The molecule has 1 N–H and O–H groups in total. The van der Waals surface area contributed by atoms with E-state index in [1.54, 1.807) is 12.1 Å². The summed E-state index contributed by atoms with van der Waals surface area (Å²) in [7, 11) is 0. The molecule has 2 fully saturated rings. The molecule has 1 spiro atoms. The number of nitrogens with one attached hydrogen (secondary N) is 1. The molecule has 2 aliphatic heterocycles. The fourth-order valence-electron chi connectivity index (χ4n) is 4.56. The van der Waals surface area contributed by atoms with Gasteiger partial charge in [0.2, 0.25) is 5.91 Å². The van der Waals surface area contributed by atoms with Crippen LogP contribution in [0.4, 0.5) is 0 Å². The van der Waals surface area contributed by atoms with Gasteiger partial charge in [0.25, 0.3) is 5.91 Å². The lowest BCUT2D eigenvalue weighted by molar-refractivity contribution is -0.200. The van der Waals surface area contributed by atoms with Gasteiger partial charge in [0, 0.05) is 31.6 Å². The van der Waals surface area contributed by atoms with E-state index in [2.05, 4.69) is 5.32 Å². The van der Waals surface area contributed by atoms with Crippen LogP contribution in [0.5, 0.6) is 0 Å². The van der Waals surface area contributed by atoms with Gasteiger partial charge in [-0.2, -0.15) is 0 Å². The minimum atomic E-state index is -0.664. The first-order chi connectivity index (χ1) is 14.9. The Balaban J connectivity index is 1.57. The summed E-state index contributed by atoms with van der Waals surface area (Å²) < 4.78 is 11.9. The van der Waals surface area contributed by atoms with Gasteiger partial charge in [-0.05, 0) is 31.5 Å². The molecule has 2 unspecified atom stereocenters. The Kier molecular flexibility index (Phi) is 6.12. The van der Waals surface area contributed by atoms with E-state index in [9.17, 15) is 9.59 Å². The van der Waals surface area contributed by atoms with Gasteiger partial charge >= 0.3 is 0 Å². The number of amides is 2. The predicted octanol–water partition coefficient (Wildman–Crippen LogP) is 2.82. The molecule has 6 heteroatoms. The highest BCUT2D eigenvalue weighted by Gasteiger charge is 2.48. The second-order valence-corrected chi connectivity index (χ2v) is 9.12. The van der Waals surface area contributed by atoms with E-state index >= 15 is 0 Å². The quantitative estimate of drug-likeness (QED) is 0.805. The molecule has 0 radical (unpaired) electrons. The lowest BCUT2D eigenvalue weighted by Crippen LogP contribution is -2.64. The number of ether oxygens (including phenoxy) is 2. The van der Waals surface area contributed by atoms with Gasteiger partial charge in [-0.15, -0.1) is 0 Å². The summed E-state index contributed by atoms with van der Waals surface area (Å²) in [6, 6.07) is 18.1. The van der Waals surface area contributed by atoms with Crippen molar-refractivity contribution in [1.82, 2.24) is 10.2 Å². The monoisotopic (exact) mass is 422 g/mol. The number of nitrogens with zero attached hydrogens (tertiary/aromatic N) is 1. The fraction of sp³-hybridized carbons (Fsp3) is 0.440. The standard InChI is InChI=1S/C25H30N2O4/c1-24(2)16-27(17-25(31-24)13-14-30-18-25)23(29)21(15-19-9-5-3-6-10-19)26-22(28)20-11-7-4-8-12-20/h3-12,21H,13-18H2,1-2H3,(H,26,28). The van der Waals surface area contributed by atoms with E-state index in [1.807, 2.05) is 67.3 Å². The van der Waals surface area contributed by atoms with Crippen LogP contribution in [-0.2, 0) is 20.7 Å². The molecule has 6 nitrogen and oxygen atoms in total. The van der Waals surface area contributed by atoms with Crippen LogP contribution >= 0.6 is 0 Å². The minimum absolute atomic E-state index is 0.0872. The Bertz CT molecular complexity index is 908. The summed E-state index contributed by atoms with van der Waals surface area (Å²) in [5.41, 5.74) is 0.581. The van der Waals surface area contributed by atoms with Gasteiger partial charge in [0.15, 0.2) is 0 Å². The van der Waals surface area contributed by atoms with Crippen molar-refractivity contribution < 1.29 is 19.1 Å². The number of hydrogen-bond donors (Lipinski definition) is 1. The van der Waals surface area contributed by atoms with Crippen LogP contribution in [0.25, 0.3) is 0 Å². The molecule has 0 saturated carbocycles. The lowest BCUT2D eigenvalue weighted by Gasteiger charge is -2.48. The number of rotatable bonds is 5. The van der Waals surface area contributed by atoms with Crippen LogP contribution in [0.1, 0.15) is 36.2 Å². The average molecular weight is 423 g/mol. The number of benzene rings is 2. The van der Waals surface area contributed by atoms with Crippen molar-refractivity contribution >= 4 is 11.8 Å². The topological polar surface area (TPSA) is 67.9 Å². The Hall–Kier alpha value is -2.70. The summed E-state index contributed by atoms with van der Waals surface area (Å²) in [6.07, 6.45) is 1.19. The summed E-state index contributed by atoms with van der Waals surface area (Å²) in [6.45, 7) is 6.07. The highest BCUT2D eigenvalue weighted by molar-refractivity contribution is 5.97. The maximum absolute atomic E-state index is 13.7. The lowest BCUT2D eigenvalue weighted by atomic mass is 9.93. The summed E-state index contributed by atoms with van der Waals surface area (Å²) in [5, 5.41) is 2.98. The van der Waals surface area contributed by atoms with Crippen LogP contribution < -0.4 is 5.32 Å². The van der Waals surface area contributed by atoms with Crippen LogP contribution in [0.3, 0.4) is 0 Å². The van der Waals surface area contributed by atoms with Gasteiger partial charge in [0.05, 0.1) is 18.8 Å². The molecule has 0 aliphatic carbocycles. The molecule has 2 atom stereocenters. The van der Waals surface area contributed by atoms with E-state index in [1.165, 1.54) is 0 Å². The van der Waals surface area contributed by atoms with Gasteiger partial charge in [0.1, 0.15) is 11.6 Å². The van der Waals surface area contributed by atoms with Gasteiger partial charge < -0.3 is 19.7 Å². The van der Waals surface area contributed by atoms with Crippen molar-refractivity contribution in [2.45, 2.75) is 43.9 Å². The second kappa shape index (κ2) is 8.81. The maximum Gasteiger partial charge on any atom is 0.251 e. The molecule has 2 aromatic rings.